The zero-order valence-corrected chi connectivity index (χ0v) is 21.4. The third-order valence-electron chi connectivity index (χ3n) is 6.72. The first-order valence-electron chi connectivity index (χ1n) is 12.1. The monoisotopic (exact) mass is 472 g/mol. The van der Waals surface area contributed by atoms with Crippen LogP contribution >= 0.6 is 0 Å². The van der Waals surface area contributed by atoms with Crippen LogP contribution in [-0.4, -0.2) is 48.8 Å². The van der Waals surface area contributed by atoms with E-state index in [4.69, 9.17) is 18.9 Å². The molecule has 6 rings (SSSR count). The molecule has 0 aromatic heterocycles. The molecule has 0 fully saturated rings. The van der Waals surface area contributed by atoms with Crippen molar-refractivity contribution >= 4 is 0 Å². The number of ether oxygens (including phenoxy) is 4. The van der Waals surface area contributed by atoms with Crippen LogP contribution < -0.4 is 18.9 Å². The molecule has 0 amide bonds. The number of methoxy groups -OCH3 is 2. The fourth-order valence-corrected chi connectivity index (χ4v) is 4.76. The molecule has 188 valence electrons. The van der Waals surface area contributed by atoms with Gasteiger partial charge in [-0.3, -0.25) is 0 Å². The number of hydrogen-bond donors (Lipinski definition) is 2. The Labute approximate surface area is 203 Å². The molecule has 6 heteroatoms. The maximum absolute atomic E-state index is 11.2. The Kier molecular flexibility index (Phi) is 8.37. The van der Waals surface area contributed by atoms with Gasteiger partial charge in [0, 0.05) is 0 Å². The van der Waals surface area contributed by atoms with E-state index >= 15 is 0 Å². The molecule has 2 aromatic carbocycles. The Morgan fingerprint density at radius 2 is 1.09 bits per heavy atom. The molecule has 2 aromatic rings. The SMILES string of the molecule is COc1cc2ccc1OCCCCOc1ccc(cc1OC)C[C@@H](C(C)(C)O)[C@H](C(C)(C)O)C2. The number of benzene rings is 2. The Bertz CT molecular complexity index is 863. The van der Waals surface area contributed by atoms with Gasteiger partial charge in [0.2, 0.25) is 0 Å². The lowest BCUT2D eigenvalue weighted by Crippen LogP contribution is -2.47. The van der Waals surface area contributed by atoms with Gasteiger partial charge in [0.05, 0.1) is 38.6 Å². The molecule has 2 atom stereocenters. The summed E-state index contributed by atoms with van der Waals surface area (Å²) < 4.78 is 23.1. The molecule has 0 spiro atoms. The van der Waals surface area contributed by atoms with Crippen LogP contribution in [0.4, 0.5) is 0 Å². The molecule has 4 heterocycles. The van der Waals surface area contributed by atoms with Crippen molar-refractivity contribution in [3.63, 3.8) is 0 Å². The van der Waals surface area contributed by atoms with Crippen LogP contribution in [0.3, 0.4) is 0 Å². The third-order valence-corrected chi connectivity index (χ3v) is 6.72. The van der Waals surface area contributed by atoms with Crippen LogP contribution in [0.1, 0.15) is 51.7 Å². The standard InChI is InChI=1S/C28H40O6/c1-27(2,29)21-15-19-9-11-23(25(17-19)31-5)33-13-7-8-14-34-24-12-10-20(18-26(24)32-6)16-22(21)28(3,4)30/h9-12,17-18,21-22,29-30H,7-8,13-16H2,1-6H3/t21-,22-/m1/s1. The van der Waals surface area contributed by atoms with E-state index in [1.165, 1.54) is 0 Å². The molecule has 6 nitrogen and oxygen atoms in total. The van der Waals surface area contributed by atoms with Gasteiger partial charge in [-0.1, -0.05) is 12.1 Å². The minimum atomic E-state index is -1.03. The summed E-state index contributed by atoms with van der Waals surface area (Å²) in [6.45, 7) is 8.37. The minimum absolute atomic E-state index is 0.232. The van der Waals surface area contributed by atoms with Crippen molar-refractivity contribution in [2.45, 2.75) is 64.6 Å². The van der Waals surface area contributed by atoms with Gasteiger partial charge in [-0.2, -0.15) is 0 Å². The summed E-state index contributed by atoms with van der Waals surface area (Å²) in [5, 5.41) is 22.5. The number of rotatable bonds is 4. The van der Waals surface area contributed by atoms with E-state index in [9.17, 15) is 10.2 Å². The van der Waals surface area contributed by atoms with Crippen molar-refractivity contribution in [3.05, 3.63) is 47.5 Å². The van der Waals surface area contributed by atoms with Gasteiger partial charge >= 0.3 is 0 Å². The van der Waals surface area contributed by atoms with Gasteiger partial charge in [0.15, 0.2) is 23.0 Å². The molecule has 4 aliphatic heterocycles. The maximum Gasteiger partial charge on any atom is 0.161 e. The van der Waals surface area contributed by atoms with E-state index in [0.717, 1.165) is 24.0 Å². The number of aliphatic hydroxyl groups is 2. The molecule has 0 unspecified atom stereocenters. The van der Waals surface area contributed by atoms with Gasteiger partial charge in [-0.25, -0.2) is 0 Å². The highest BCUT2D eigenvalue weighted by Crippen LogP contribution is 2.40. The van der Waals surface area contributed by atoms with Crippen molar-refractivity contribution in [3.8, 4) is 23.0 Å². The Hall–Kier alpha value is -2.44. The second-order valence-electron chi connectivity index (χ2n) is 10.3. The summed E-state index contributed by atoms with van der Waals surface area (Å²) in [6.07, 6.45) is 2.85. The van der Waals surface area contributed by atoms with Crippen LogP contribution in [0.2, 0.25) is 0 Å². The van der Waals surface area contributed by atoms with Crippen LogP contribution in [-0.2, 0) is 12.8 Å². The molecule has 0 saturated heterocycles. The lowest BCUT2D eigenvalue weighted by molar-refractivity contribution is -0.0804. The fourth-order valence-electron chi connectivity index (χ4n) is 4.76. The van der Waals surface area contributed by atoms with E-state index in [1.54, 1.807) is 14.2 Å². The highest BCUT2D eigenvalue weighted by atomic mass is 16.5. The summed E-state index contributed by atoms with van der Waals surface area (Å²) in [4.78, 5) is 0. The first-order chi connectivity index (χ1) is 16.0. The topological polar surface area (TPSA) is 77.4 Å². The average molecular weight is 473 g/mol. The number of hydrogen-bond acceptors (Lipinski definition) is 6. The molecule has 0 saturated carbocycles. The molecule has 2 N–H and O–H groups in total. The smallest absolute Gasteiger partial charge is 0.161 e. The summed E-state index contributed by atoms with van der Waals surface area (Å²) in [5.74, 6) is 2.27. The van der Waals surface area contributed by atoms with Gasteiger partial charge in [0.25, 0.3) is 0 Å². The fraction of sp³-hybridized carbons (Fsp3) is 0.571. The lowest BCUT2D eigenvalue weighted by atomic mass is 9.68. The van der Waals surface area contributed by atoms with Crippen molar-refractivity contribution in [2.24, 2.45) is 11.8 Å². The van der Waals surface area contributed by atoms with Gasteiger partial charge < -0.3 is 29.2 Å². The van der Waals surface area contributed by atoms with Crippen molar-refractivity contribution < 1.29 is 29.2 Å². The quantitative estimate of drug-likeness (QED) is 0.665. The van der Waals surface area contributed by atoms with E-state index < -0.39 is 11.2 Å². The van der Waals surface area contributed by atoms with E-state index in [-0.39, 0.29) is 11.8 Å². The van der Waals surface area contributed by atoms with E-state index in [0.29, 0.717) is 49.1 Å². The molecule has 0 aliphatic carbocycles. The largest absolute Gasteiger partial charge is 0.493 e. The van der Waals surface area contributed by atoms with Crippen LogP contribution in [0.25, 0.3) is 0 Å². The zero-order chi connectivity index (χ0) is 24.9. The minimum Gasteiger partial charge on any atom is -0.493 e. The second kappa shape index (κ2) is 10.9. The molecule has 0 radical (unpaired) electrons. The molecule has 34 heavy (non-hydrogen) atoms. The summed E-state index contributed by atoms with van der Waals surface area (Å²) >= 11 is 0. The van der Waals surface area contributed by atoms with Crippen molar-refractivity contribution in [1.29, 1.82) is 0 Å². The molecular formula is C28H40O6. The Morgan fingerprint density at radius 1 is 0.706 bits per heavy atom. The first kappa shape index (κ1) is 26.2. The highest BCUT2D eigenvalue weighted by molar-refractivity contribution is 5.44. The van der Waals surface area contributed by atoms with Gasteiger partial charge in [-0.15, -0.1) is 0 Å². The molecular weight excluding hydrogens is 432 g/mol. The second-order valence-corrected chi connectivity index (χ2v) is 10.3. The Morgan fingerprint density at radius 3 is 1.41 bits per heavy atom. The average Bonchev–Trinajstić information content (AvgIpc) is 2.77. The maximum atomic E-state index is 11.2. The first-order valence-corrected chi connectivity index (χ1v) is 12.1. The predicted molar refractivity (Wildman–Crippen MR) is 133 cm³/mol. The highest BCUT2D eigenvalue weighted by Gasteiger charge is 2.41. The van der Waals surface area contributed by atoms with Crippen LogP contribution in [0, 0.1) is 11.8 Å². The van der Waals surface area contributed by atoms with Crippen molar-refractivity contribution in [1.82, 2.24) is 0 Å². The molecule has 4 bridgehead atoms. The lowest BCUT2D eigenvalue weighted by Gasteiger charge is -2.42. The Balaban J connectivity index is 2.06. The normalized spacial score (nSPS) is 20.1. The summed E-state index contributed by atoms with van der Waals surface area (Å²) in [5.41, 5.74) is -0.0109. The summed E-state index contributed by atoms with van der Waals surface area (Å²) in [7, 11) is 3.27. The van der Waals surface area contributed by atoms with Gasteiger partial charge in [-0.05, 0) is 101 Å². The zero-order valence-electron chi connectivity index (χ0n) is 21.4. The van der Waals surface area contributed by atoms with Crippen LogP contribution in [0.5, 0.6) is 23.0 Å². The molecule has 4 aliphatic rings. The summed E-state index contributed by atoms with van der Waals surface area (Å²) in [6, 6.07) is 11.8. The van der Waals surface area contributed by atoms with Crippen molar-refractivity contribution in [2.75, 3.05) is 27.4 Å². The van der Waals surface area contributed by atoms with E-state index in [2.05, 4.69) is 0 Å². The predicted octanol–water partition coefficient (Wildman–Crippen LogP) is 4.81. The van der Waals surface area contributed by atoms with Gasteiger partial charge in [0.1, 0.15) is 0 Å². The third kappa shape index (κ3) is 6.57. The van der Waals surface area contributed by atoms with E-state index in [1.807, 2.05) is 64.1 Å². The van der Waals surface area contributed by atoms with Crippen LogP contribution in [0.15, 0.2) is 36.4 Å².